The van der Waals surface area contributed by atoms with Crippen LogP contribution in [0.1, 0.15) is 12.5 Å². The summed E-state index contributed by atoms with van der Waals surface area (Å²) >= 11 is 0. The number of halogens is 3. The molecule has 1 atom stereocenters. The molecule has 2 rings (SSSR count). The van der Waals surface area contributed by atoms with Crippen molar-refractivity contribution in [2.75, 3.05) is 5.32 Å². The highest BCUT2D eigenvalue weighted by Gasteiger charge is 2.31. The van der Waals surface area contributed by atoms with Gasteiger partial charge in [-0.15, -0.1) is 0 Å². The first-order chi connectivity index (χ1) is 13.5. The van der Waals surface area contributed by atoms with Crippen molar-refractivity contribution in [1.82, 2.24) is 4.57 Å². The van der Waals surface area contributed by atoms with E-state index in [4.69, 9.17) is 4.74 Å². The van der Waals surface area contributed by atoms with Crippen molar-refractivity contribution in [3.8, 4) is 0 Å². The fraction of sp³-hybridized carbons (Fsp3) is 0.235. The average Bonchev–Trinajstić information content (AvgIpc) is 2.62. The SMILES string of the molecule is CC(OC(=O)Cn1cc(C(F)(F)F)ccc1=O)C(=O)Nc1cccc([N+](=O)[O-])c1. The number of rotatable bonds is 6. The lowest BCUT2D eigenvalue weighted by atomic mass is 10.2. The summed E-state index contributed by atoms with van der Waals surface area (Å²) in [7, 11) is 0. The summed E-state index contributed by atoms with van der Waals surface area (Å²) in [6.07, 6.45) is -5.61. The third-order valence-corrected chi connectivity index (χ3v) is 3.61. The first-order valence-electron chi connectivity index (χ1n) is 8.00. The third-order valence-electron chi connectivity index (χ3n) is 3.61. The maximum atomic E-state index is 12.7. The van der Waals surface area contributed by atoms with Crippen LogP contribution in [0.5, 0.6) is 0 Å². The van der Waals surface area contributed by atoms with E-state index in [1.54, 1.807) is 0 Å². The second-order valence-electron chi connectivity index (χ2n) is 5.81. The first-order valence-corrected chi connectivity index (χ1v) is 8.00. The zero-order valence-corrected chi connectivity index (χ0v) is 14.8. The van der Waals surface area contributed by atoms with Crippen molar-refractivity contribution in [3.05, 3.63) is 68.6 Å². The monoisotopic (exact) mass is 413 g/mol. The molecule has 0 fully saturated rings. The van der Waals surface area contributed by atoms with Gasteiger partial charge in [0.1, 0.15) is 6.54 Å². The van der Waals surface area contributed by atoms with E-state index in [0.29, 0.717) is 22.9 Å². The Morgan fingerprint density at radius 1 is 1.28 bits per heavy atom. The molecule has 0 radical (unpaired) electrons. The van der Waals surface area contributed by atoms with Gasteiger partial charge in [0.25, 0.3) is 17.2 Å². The molecular formula is C17H14F3N3O6. The highest BCUT2D eigenvalue weighted by atomic mass is 19.4. The molecule has 1 amide bonds. The minimum absolute atomic E-state index is 0.0844. The molecule has 1 aromatic carbocycles. The molecule has 0 saturated carbocycles. The number of nitrogens with one attached hydrogen (secondary N) is 1. The standard InChI is InChI=1S/C17H14F3N3O6/c1-10(16(26)21-12-3-2-4-13(7-12)23(27)28)29-15(25)9-22-8-11(17(18,19)20)5-6-14(22)24/h2-8,10H,9H2,1H3,(H,21,26). The van der Waals surface area contributed by atoms with Crippen LogP contribution in [0.25, 0.3) is 0 Å². The van der Waals surface area contributed by atoms with Gasteiger partial charge >= 0.3 is 12.1 Å². The number of anilines is 1. The van der Waals surface area contributed by atoms with E-state index < -0.39 is 46.7 Å². The van der Waals surface area contributed by atoms with E-state index in [-0.39, 0.29) is 11.4 Å². The van der Waals surface area contributed by atoms with Crippen molar-refractivity contribution in [2.45, 2.75) is 25.7 Å². The van der Waals surface area contributed by atoms with Crippen LogP contribution >= 0.6 is 0 Å². The lowest BCUT2D eigenvalue weighted by molar-refractivity contribution is -0.384. The van der Waals surface area contributed by atoms with Crippen LogP contribution in [-0.2, 0) is 27.0 Å². The van der Waals surface area contributed by atoms with Crippen molar-refractivity contribution in [2.24, 2.45) is 0 Å². The molecule has 0 saturated heterocycles. The molecule has 0 aliphatic heterocycles. The van der Waals surface area contributed by atoms with Gasteiger partial charge in [-0.05, 0) is 19.1 Å². The smallest absolute Gasteiger partial charge is 0.417 e. The van der Waals surface area contributed by atoms with Crippen LogP contribution in [-0.4, -0.2) is 27.5 Å². The summed E-state index contributed by atoms with van der Waals surface area (Å²) in [4.78, 5) is 45.7. The van der Waals surface area contributed by atoms with E-state index in [0.717, 1.165) is 6.07 Å². The number of carbonyl (C=O) groups excluding carboxylic acids is 2. The van der Waals surface area contributed by atoms with E-state index in [1.807, 2.05) is 0 Å². The first kappa shape index (κ1) is 21.6. The Balaban J connectivity index is 2.02. The van der Waals surface area contributed by atoms with Gasteiger partial charge in [0.2, 0.25) is 0 Å². The number of carbonyl (C=O) groups is 2. The number of nitro benzene ring substituents is 1. The van der Waals surface area contributed by atoms with Crippen LogP contribution in [0, 0.1) is 10.1 Å². The average molecular weight is 413 g/mol. The molecule has 0 aliphatic rings. The minimum atomic E-state index is -4.70. The molecule has 0 aliphatic carbocycles. The number of hydrogen-bond donors (Lipinski definition) is 1. The lowest BCUT2D eigenvalue weighted by Crippen LogP contribution is -2.33. The molecule has 1 N–H and O–H groups in total. The van der Waals surface area contributed by atoms with Gasteiger partial charge in [0, 0.05) is 30.1 Å². The zero-order chi connectivity index (χ0) is 21.8. The Hall–Kier alpha value is -3.70. The minimum Gasteiger partial charge on any atom is -0.451 e. The number of pyridine rings is 1. The van der Waals surface area contributed by atoms with Gasteiger partial charge in [-0.3, -0.25) is 24.5 Å². The summed E-state index contributed by atoms with van der Waals surface area (Å²) in [5.41, 5.74) is -2.16. The van der Waals surface area contributed by atoms with Gasteiger partial charge in [0.15, 0.2) is 6.10 Å². The number of nitro groups is 1. The van der Waals surface area contributed by atoms with Gasteiger partial charge in [-0.25, -0.2) is 0 Å². The number of hydrogen-bond acceptors (Lipinski definition) is 6. The fourth-order valence-electron chi connectivity index (χ4n) is 2.19. The molecular weight excluding hydrogens is 399 g/mol. The molecule has 2 aromatic rings. The van der Waals surface area contributed by atoms with Crippen molar-refractivity contribution < 1.29 is 32.4 Å². The van der Waals surface area contributed by atoms with Gasteiger partial charge < -0.3 is 14.6 Å². The Kier molecular flexibility index (Phi) is 6.36. The van der Waals surface area contributed by atoms with Crippen molar-refractivity contribution in [3.63, 3.8) is 0 Å². The van der Waals surface area contributed by atoms with Crippen LogP contribution < -0.4 is 10.9 Å². The van der Waals surface area contributed by atoms with Gasteiger partial charge in [-0.2, -0.15) is 13.2 Å². The highest BCUT2D eigenvalue weighted by molar-refractivity contribution is 5.95. The summed E-state index contributed by atoms with van der Waals surface area (Å²) in [5, 5.41) is 13.0. The van der Waals surface area contributed by atoms with Crippen LogP contribution in [0.2, 0.25) is 0 Å². The predicted molar refractivity (Wildman–Crippen MR) is 93.0 cm³/mol. The Bertz CT molecular complexity index is 1000. The molecule has 0 spiro atoms. The Morgan fingerprint density at radius 2 is 1.97 bits per heavy atom. The number of amides is 1. The Morgan fingerprint density at radius 3 is 2.59 bits per heavy atom. The van der Waals surface area contributed by atoms with Crippen molar-refractivity contribution >= 4 is 23.3 Å². The third kappa shape index (κ3) is 5.89. The fourth-order valence-corrected chi connectivity index (χ4v) is 2.19. The maximum absolute atomic E-state index is 12.7. The van der Waals surface area contributed by atoms with Crippen LogP contribution in [0.4, 0.5) is 24.5 Å². The number of alkyl halides is 3. The zero-order valence-electron chi connectivity index (χ0n) is 14.8. The maximum Gasteiger partial charge on any atom is 0.417 e. The van der Waals surface area contributed by atoms with Crippen LogP contribution in [0.15, 0.2) is 47.4 Å². The number of ether oxygens (including phenoxy) is 1. The number of benzene rings is 1. The molecule has 29 heavy (non-hydrogen) atoms. The summed E-state index contributed by atoms with van der Waals surface area (Å²) in [6.45, 7) is 0.358. The van der Waals surface area contributed by atoms with Gasteiger partial charge in [-0.1, -0.05) is 6.07 Å². The second-order valence-corrected chi connectivity index (χ2v) is 5.81. The van der Waals surface area contributed by atoms with E-state index in [9.17, 15) is 37.7 Å². The van der Waals surface area contributed by atoms with E-state index >= 15 is 0 Å². The van der Waals surface area contributed by atoms with E-state index in [1.165, 1.54) is 25.1 Å². The predicted octanol–water partition coefficient (Wildman–Crippen LogP) is 2.35. The van der Waals surface area contributed by atoms with Crippen molar-refractivity contribution in [1.29, 1.82) is 0 Å². The van der Waals surface area contributed by atoms with Crippen LogP contribution in [0.3, 0.4) is 0 Å². The summed E-state index contributed by atoms with van der Waals surface area (Å²) in [6, 6.07) is 6.26. The number of aromatic nitrogens is 1. The Labute approximate surface area is 160 Å². The lowest BCUT2D eigenvalue weighted by Gasteiger charge is -2.15. The van der Waals surface area contributed by atoms with Gasteiger partial charge in [0.05, 0.1) is 10.5 Å². The molecule has 154 valence electrons. The summed E-state index contributed by atoms with van der Waals surface area (Å²) < 4.78 is 43.5. The number of nitrogens with zero attached hydrogens (tertiary/aromatic N) is 2. The molecule has 9 nitrogen and oxygen atoms in total. The topological polar surface area (TPSA) is 121 Å². The summed E-state index contributed by atoms with van der Waals surface area (Å²) in [5.74, 6) is -1.94. The largest absolute Gasteiger partial charge is 0.451 e. The quantitative estimate of drug-likeness (QED) is 0.441. The number of esters is 1. The molecule has 1 heterocycles. The highest BCUT2D eigenvalue weighted by Crippen LogP contribution is 2.28. The molecule has 1 unspecified atom stereocenters. The molecule has 12 heteroatoms. The molecule has 0 bridgehead atoms. The number of non-ortho nitro benzene ring substituents is 1. The molecule has 1 aromatic heterocycles. The second kappa shape index (κ2) is 8.54. The normalized spacial score (nSPS) is 12.1. The van der Waals surface area contributed by atoms with E-state index in [2.05, 4.69) is 5.32 Å².